The summed E-state index contributed by atoms with van der Waals surface area (Å²) in [5.41, 5.74) is 5.38. The van der Waals surface area contributed by atoms with Crippen LogP contribution in [-0.4, -0.2) is 24.3 Å². The second-order valence-electron chi connectivity index (χ2n) is 5.71. The van der Waals surface area contributed by atoms with Crippen LogP contribution in [0.25, 0.3) is 0 Å². The Balaban J connectivity index is 2.35. The first-order valence-electron chi connectivity index (χ1n) is 6.89. The Hall–Kier alpha value is -0.290. The summed E-state index contributed by atoms with van der Waals surface area (Å²) < 4.78 is 36.4. The van der Waals surface area contributed by atoms with Gasteiger partial charge in [0.15, 0.2) is 0 Å². The molecule has 0 bridgehead atoms. The highest BCUT2D eigenvalue weighted by Crippen LogP contribution is 2.26. The lowest BCUT2D eigenvalue weighted by Gasteiger charge is -2.36. The van der Waals surface area contributed by atoms with E-state index in [9.17, 15) is 13.2 Å². The monoisotopic (exact) mass is 266 g/mol. The molecule has 108 valence electrons. The SMILES string of the molecule is CC(CN)(CCCC(F)(F)F)NC1CCCCC1. The van der Waals surface area contributed by atoms with E-state index in [1.54, 1.807) is 0 Å². The van der Waals surface area contributed by atoms with E-state index >= 15 is 0 Å². The molecular formula is C13H25F3N2. The van der Waals surface area contributed by atoms with Crippen LogP contribution in [0.2, 0.25) is 0 Å². The number of halogens is 3. The van der Waals surface area contributed by atoms with Crippen molar-refractivity contribution in [3.05, 3.63) is 0 Å². The summed E-state index contributed by atoms with van der Waals surface area (Å²) in [5, 5.41) is 3.48. The van der Waals surface area contributed by atoms with Crippen molar-refractivity contribution >= 4 is 0 Å². The van der Waals surface area contributed by atoms with Gasteiger partial charge < -0.3 is 11.1 Å². The summed E-state index contributed by atoms with van der Waals surface area (Å²) in [6, 6.07) is 0.429. The zero-order valence-electron chi connectivity index (χ0n) is 11.2. The standard InChI is InChI=1S/C13H25F3N2/c1-12(10-17,8-5-9-13(14,15)16)18-11-6-3-2-4-7-11/h11,18H,2-10,17H2,1H3. The van der Waals surface area contributed by atoms with Crippen LogP contribution < -0.4 is 11.1 Å². The van der Waals surface area contributed by atoms with E-state index < -0.39 is 12.6 Å². The molecule has 1 aliphatic carbocycles. The second kappa shape index (κ2) is 6.75. The van der Waals surface area contributed by atoms with Crippen molar-refractivity contribution in [2.24, 2.45) is 5.73 Å². The molecule has 0 aliphatic heterocycles. The summed E-state index contributed by atoms with van der Waals surface area (Å²) in [6.45, 7) is 2.33. The first-order chi connectivity index (χ1) is 8.35. The highest BCUT2D eigenvalue weighted by atomic mass is 19.4. The fourth-order valence-corrected chi connectivity index (χ4v) is 2.65. The van der Waals surface area contributed by atoms with Crippen LogP contribution >= 0.6 is 0 Å². The molecule has 1 rings (SSSR count). The third kappa shape index (κ3) is 6.05. The van der Waals surface area contributed by atoms with Gasteiger partial charge >= 0.3 is 6.18 Å². The van der Waals surface area contributed by atoms with Crippen molar-refractivity contribution in [3.63, 3.8) is 0 Å². The van der Waals surface area contributed by atoms with E-state index in [0.717, 1.165) is 12.8 Å². The highest BCUT2D eigenvalue weighted by Gasteiger charge is 2.30. The molecule has 0 aromatic rings. The van der Waals surface area contributed by atoms with E-state index in [1.165, 1.54) is 19.3 Å². The molecule has 0 saturated heterocycles. The third-order valence-corrected chi connectivity index (χ3v) is 3.80. The van der Waals surface area contributed by atoms with Crippen LogP contribution in [0, 0.1) is 0 Å². The molecule has 2 nitrogen and oxygen atoms in total. The largest absolute Gasteiger partial charge is 0.389 e. The van der Waals surface area contributed by atoms with Crippen molar-refractivity contribution < 1.29 is 13.2 Å². The van der Waals surface area contributed by atoms with Gasteiger partial charge in [-0.3, -0.25) is 0 Å². The average Bonchev–Trinajstić information content (AvgIpc) is 2.28. The molecule has 0 heterocycles. The maximum atomic E-state index is 12.1. The predicted octanol–water partition coefficient (Wildman–Crippen LogP) is 3.36. The van der Waals surface area contributed by atoms with E-state index in [2.05, 4.69) is 5.32 Å². The smallest absolute Gasteiger partial charge is 0.329 e. The fourth-order valence-electron chi connectivity index (χ4n) is 2.65. The zero-order chi connectivity index (χ0) is 13.6. The summed E-state index contributed by atoms with van der Waals surface area (Å²) >= 11 is 0. The van der Waals surface area contributed by atoms with Crippen molar-refractivity contribution in [1.29, 1.82) is 0 Å². The molecule has 1 saturated carbocycles. The van der Waals surface area contributed by atoms with E-state index in [0.29, 0.717) is 19.0 Å². The lowest BCUT2D eigenvalue weighted by molar-refractivity contribution is -0.136. The molecule has 1 fully saturated rings. The van der Waals surface area contributed by atoms with Gasteiger partial charge in [0.05, 0.1) is 0 Å². The van der Waals surface area contributed by atoms with Crippen molar-refractivity contribution in [2.75, 3.05) is 6.54 Å². The predicted molar refractivity (Wildman–Crippen MR) is 67.4 cm³/mol. The molecule has 0 amide bonds. The molecule has 1 atom stereocenters. The summed E-state index contributed by atoms with van der Waals surface area (Å²) in [6.07, 6.45) is 1.79. The van der Waals surface area contributed by atoms with Gasteiger partial charge in [-0.25, -0.2) is 0 Å². The van der Waals surface area contributed by atoms with Gasteiger partial charge in [0.2, 0.25) is 0 Å². The van der Waals surface area contributed by atoms with Crippen LogP contribution in [0.3, 0.4) is 0 Å². The number of nitrogens with two attached hydrogens (primary N) is 1. The Bertz CT molecular complexity index is 237. The minimum Gasteiger partial charge on any atom is -0.329 e. The molecule has 3 N–H and O–H groups in total. The molecule has 0 radical (unpaired) electrons. The molecule has 0 spiro atoms. The minimum atomic E-state index is -4.06. The number of alkyl halides is 3. The average molecular weight is 266 g/mol. The quantitative estimate of drug-likeness (QED) is 0.773. The molecule has 18 heavy (non-hydrogen) atoms. The van der Waals surface area contributed by atoms with E-state index in [4.69, 9.17) is 5.73 Å². The van der Waals surface area contributed by atoms with Gasteiger partial charge in [0.1, 0.15) is 0 Å². The zero-order valence-corrected chi connectivity index (χ0v) is 11.2. The minimum absolute atomic E-state index is 0.150. The Morgan fingerprint density at radius 2 is 1.72 bits per heavy atom. The van der Waals surface area contributed by atoms with Gasteiger partial charge in [-0.15, -0.1) is 0 Å². The van der Waals surface area contributed by atoms with Gasteiger partial charge in [-0.1, -0.05) is 19.3 Å². The maximum Gasteiger partial charge on any atom is 0.389 e. The fraction of sp³-hybridized carbons (Fsp3) is 1.00. The Labute approximate surface area is 107 Å². The van der Waals surface area contributed by atoms with Gasteiger partial charge in [0, 0.05) is 24.5 Å². The van der Waals surface area contributed by atoms with Crippen LogP contribution in [0.4, 0.5) is 13.2 Å². The number of hydrogen-bond donors (Lipinski definition) is 2. The van der Waals surface area contributed by atoms with Crippen molar-refractivity contribution in [2.45, 2.75) is 76.0 Å². The Kier molecular flexibility index (Phi) is 5.92. The van der Waals surface area contributed by atoms with Gasteiger partial charge in [-0.05, 0) is 32.6 Å². The Morgan fingerprint density at radius 1 is 1.11 bits per heavy atom. The lowest BCUT2D eigenvalue weighted by atomic mass is 9.89. The van der Waals surface area contributed by atoms with Gasteiger partial charge in [0.25, 0.3) is 0 Å². The second-order valence-corrected chi connectivity index (χ2v) is 5.71. The van der Waals surface area contributed by atoms with Gasteiger partial charge in [-0.2, -0.15) is 13.2 Å². The van der Waals surface area contributed by atoms with E-state index in [1.807, 2.05) is 6.92 Å². The molecule has 5 heteroatoms. The Morgan fingerprint density at radius 3 is 2.22 bits per heavy atom. The molecule has 1 aliphatic rings. The maximum absolute atomic E-state index is 12.1. The molecule has 0 aromatic heterocycles. The van der Waals surface area contributed by atoms with Crippen molar-refractivity contribution in [3.8, 4) is 0 Å². The lowest BCUT2D eigenvalue weighted by Crippen LogP contribution is -2.53. The normalized spacial score (nSPS) is 21.8. The summed E-state index contributed by atoms with van der Waals surface area (Å²) in [4.78, 5) is 0. The van der Waals surface area contributed by atoms with Crippen molar-refractivity contribution in [1.82, 2.24) is 5.32 Å². The highest BCUT2D eigenvalue weighted by molar-refractivity contribution is 4.88. The van der Waals surface area contributed by atoms with Crippen LogP contribution in [0.15, 0.2) is 0 Å². The first kappa shape index (κ1) is 15.8. The number of hydrogen-bond acceptors (Lipinski definition) is 2. The summed E-state index contributed by atoms with van der Waals surface area (Å²) in [7, 11) is 0. The number of nitrogens with one attached hydrogen (secondary N) is 1. The van der Waals surface area contributed by atoms with Crippen LogP contribution in [0.1, 0.15) is 58.3 Å². The molecule has 1 unspecified atom stereocenters. The number of rotatable bonds is 6. The topological polar surface area (TPSA) is 38.0 Å². The summed E-state index contributed by atoms with van der Waals surface area (Å²) in [5.74, 6) is 0. The van der Waals surface area contributed by atoms with Crippen LogP contribution in [0.5, 0.6) is 0 Å². The van der Waals surface area contributed by atoms with E-state index in [-0.39, 0.29) is 12.0 Å². The molecule has 0 aromatic carbocycles. The third-order valence-electron chi connectivity index (χ3n) is 3.80. The van der Waals surface area contributed by atoms with Crippen LogP contribution in [-0.2, 0) is 0 Å². The molecular weight excluding hydrogens is 241 g/mol. The first-order valence-corrected chi connectivity index (χ1v) is 6.89.